The van der Waals surface area contributed by atoms with Gasteiger partial charge in [0.1, 0.15) is 5.82 Å². The Labute approximate surface area is 188 Å². The van der Waals surface area contributed by atoms with Crippen LogP contribution in [0.4, 0.5) is 22.0 Å². The second kappa shape index (κ2) is 11.3. The van der Waals surface area contributed by atoms with Crippen molar-refractivity contribution in [2.45, 2.75) is 84.5 Å². The number of hydrogen-bond donors (Lipinski definition) is 0. The van der Waals surface area contributed by atoms with E-state index in [1.165, 1.54) is 25.0 Å². The van der Waals surface area contributed by atoms with E-state index in [1.807, 2.05) is 0 Å². The summed E-state index contributed by atoms with van der Waals surface area (Å²) in [7, 11) is 0. The maximum atomic E-state index is 14.7. The molecule has 1 aliphatic rings. The fourth-order valence-electron chi connectivity index (χ4n) is 5.02. The average molecular weight is 453 g/mol. The van der Waals surface area contributed by atoms with Crippen molar-refractivity contribution in [1.82, 2.24) is 0 Å². The van der Waals surface area contributed by atoms with E-state index in [0.717, 1.165) is 37.7 Å². The molecule has 0 N–H and O–H groups in total. The molecule has 0 bridgehead atoms. The third kappa shape index (κ3) is 5.71. The van der Waals surface area contributed by atoms with Gasteiger partial charge in [-0.1, -0.05) is 64.5 Å². The number of rotatable bonds is 9. The summed E-state index contributed by atoms with van der Waals surface area (Å²) in [5, 5.41) is 0. The van der Waals surface area contributed by atoms with Crippen LogP contribution < -0.4 is 0 Å². The topological polar surface area (TPSA) is 0 Å². The molecule has 0 atom stereocenters. The molecule has 2 aromatic rings. The first-order chi connectivity index (χ1) is 15.3. The van der Waals surface area contributed by atoms with Gasteiger partial charge in [0.05, 0.1) is 0 Å². The summed E-state index contributed by atoms with van der Waals surface area (Å²) in [4.78, 5) is 0. The Morgan fingerprint density at radius 2 is 1.19 bits per heavy atom. The highest BCUT2D eigenvalue weighted by atomic mass is 19.2. The van der Waals surface area contributed by atoms with Gasteiger partial charge in [0.15, 0.2) is 23.3 Å². The first-order valence-electron chi connectivity index (χ1n) is 12.0. The summed E-state index contributed by atoms with van der Waals surface area (Å²) in [5.41, 5.74) is -0.0185. The van der Waals surface area contributed by atoms with Gasteiger partial charge < -0.3 is 0 Å². The molecule has 32 heavy (non-hydrogen) atoms. The van der Waals surface area contributed by atoms with E-state index in [9.17, 15) is 22.0 Å². The van der Waals surface area contributed by atoms with Crippen molar-refractivity contribution in [3.05, 3.63) is 69.5 Å². The Hall–Kier alpha value is -1.91. The van der Waals surface area contributed by atoms with Gasteiger partial charge in [0.25, 0.3) is 0 Å². The average Bonchev–Trinajstić information content (AvgIpc) is 2.79. The van der Waals surface area contributed by atoms with Crippen molar-refractivity contribution >= 4 is 0 Å². The standard InChI is InChI=1S/C27H33F5/c1-3-5-17-6-8-18(9-7-17)10-15-22-23(28)16-21(26(31)27(22)32)14-13-20-12-11-19(4-2)24(29)25(20)30/h11-12,16-18H,3-10,13-15H2,1-2H3. The molecule has 176 valence electrons. The molecule has 1 saturated carbocycles. The highest BCUT2D eigenvalue weighted by molar-refractivity contribution is 5.31. The molecule has 0 saturated heterocycles. The van der Waals surface area contributed by atoms with Crippen LogP contribution in [0.5, 0.6) is 0 Å². The van der Waals surface area contributed by atoms with Gasteiger partial charge in [-0.25, -0.2) is 22.0 Å². The molecule has 0 amide bonds. The fraction of sp³-hybridized carbons (Fsp3) is 0.556. The summed E-state index contributed by atoms with van der Waals surface area (Å²) >= 11 is 0. The Morgan fingerprint density at radius 1 is 0.656 bits per heavy atom. The first-order valence-corrected chi connectivity index (χ1v) is 12.0. The second-order valence-corrected chi connectivity index (χ2v) is 9.20. The molecule has 0 unspecified atom stereocenters. The minimum absolute atomic E-state index is 0.0388. The number of aryl methyl sites for hydroxylation is 3. The first kappa shape index (κ1) is 24.7. The highest BCUT2D eigenvalue weighted by Crippen LogP contribution is 2.34. The molecule has 1 aliphatic carbocycles. The van der Waals surface area contributed by atoms with Crippen LogP contribution in [0.3, 0.4) is 0 Å². The molecule has 0 aromatic heterocycles. The van der Waals surface area contributed by atoms with Gasteiger partial charge >= 0.3 is 0 Å². The Kier molecular flexibility index (Phi) is 8.72. The third-order valence-corrected chi connectivity index (χ3v) is 7.08. The summed E-state index contributed by atoms with van der Waals surface area (Å²) in [5.74, 6) is -3.69. The van der Waals surface area contributed by atoms with E-state index >= 15 is 0 Å². The van der Waals surface area contributed by atoms with E-state index in [4.69, 9.17) is 0 Å². The number of halogens is 5. The highest BCUT2D eigenvalue weighted by Gasteiger charge is 2.23. The summed E-state index contributed by atoms with van der Waals surface area (Å²) in [6.45, 7) is 3.91. The molecule has 0 radical (unpaired) electrons. The van der Waals surface area contributed by atoms with Gasteiger partial charge in [-0.3, -0.25) is 0 Å². The lowest BCUT2D eigenvalue weighted by Gasteiger charge is -2.28. The molecule has 0 nitrogen and oxygen atoms in total. The lowest BCUT2D eigenvalue weighted by atomic mass is 9.78. The monoisotopic (exact) mass is 452 g/mol. The van der Waals surface area contributed by atoms with Crippen molar-refractivity contribution in [2.24, 2.45) is 11.8 Å². The van der Waals surface area contributed by atoms with Crippen LogP contribution in [-0.4, -0.2) is 0 Å². The molecule has 2 aromatic carbocycles. The van der Waals surface area contributed by atoms with Crippen molar-refractivity contribution < 1.29 is 22.0 Å². The maximum absolute atomic E-state index is 14.7. The van der Waals surface area contributed by atoms with Crippen molar-refractivity contribution in [1.29, 1.82) is 0 Å². The van der Waals surface area contributed by atoms with Gasteiger partial charge in [-0.05, 0) is 66.7 Å². The maximum Gasteiger partial charge on any atom is 0.165 e. The Morgan fingerprint density at radius 3 is 1.81 bits per heavy atom. The van der Waals surface area contributed by atoms with Crippen LogP contribution in [0, 0.1) is 40.9 Å². The van der Waals surface area contributed by atoms with Crippen molar-refractivity contribution in [3.8, 4) is 0 Å². The summed E-state index contributed by atoms with van der Waals surface area (Å²) < 4.78 is 72.1. The van der Waals surface area contributed by atoms with E-state index in [0.29, 0.717) is 18.8 Å². The zero-order chi connectivity index (χ0) is 23.3. The van der Waals surface area contributed by atoms with Crippen LogP contribution in [0.15, 0.2) is 18.2 Å². The lowest BCUT2D eigenvalue weighted by molar-refractivity contribution is 0.251. The van der Waals surface area contributed by atoms with Gasteiger partial charge in [-0.15, -0.1) is 0 Å². The Bertz CT molecular complexity index is 913. The molecule has 0 aliphatic heterocycles. The van der Waals surface area contributed by atoms with Crippen LogP contribution in [0.2, 0.25) is 0 Å². The zero-order valence-corrected chi connectivity index (χ0v) is 19.1. The molecule has 1 fully saturated rings. The van der Waals surface area contributed by atoms with Crippen molar-refractivity contribution in [2.75, 3.05) is 0 Å². The van der Waals surface area contributed by atoms with E-state index in [1.54, 1.807) is 6.92 Å². The minimum atomic E-state index is -1.15. The molecule has 0 heterocycles. The van der Waals surface area contributed by atoms with Gasteiger partial charge in [-0.2, -0.15) is 0 Å². The SMILES string of the molecule is CCCC1CCC(CCc2c(F)cc(CCc3ccc(CC)c(F)c3F)c(F)c2F)CC1. The smallest absolute Gasteiger partial charge is 0.165 e. The molecule has 0 spiro atoms. The van der Waals surface area contributed by atoms with Crippen molar-refractivity contribution in [3.63, 3.8) is 0 Å². The molecular weight excluding hydrogens is 419 g/mol. The molecule has 5 heteroatoms. The third-order valence-electron chi connectivity index (χ3n) is 7.08. The fourth-order valence-corrected chi connectivity index (χ4v) is 5.02. The van der Waals surface area contributed by atoms with E-state index in [2.05, 4.69) is 6.92 Å². The van der Waals surface area contributed by atoms with Crippen LogP contribution in [0.1, 0.15) is 81.0 Å². The van der Waals surface area contributed by atoms with Crippen LogP contribution in [0.25, 0.3) is 0 Å². The second-order valence-electron chi connectivity index (χ2n) is 9.20. The van der Waals surface area contributed by atoms with Crippen LogP contribution >= 0.6 is 0 Å². The summed E-state index contributed by atoms with van der Waals surface area (Å²) in [6, 6.07) is 3.95. The van der Waals surface area contributed by atoms with E-state index < -0.39 is 29.1 Å². The van der Waals surface area contributed by atoms with Gasteiger partial charge in [0.2, 0.25) is 0 Å². The largest absolute Gasteiger partial charge is 0.207 e. The summed E-state index contributed by atoms with van der Waals surface area (Å²) in [6.07, 6.45) is 7.91. The predicted octanol–water partition coefficient (Wildman–Crippen LogP) is 8.27. The number of benzene rings is 2. The van der Waals surface area contributed by atoms with Gasteiger partial charge in [0, 0.05) is 5.56 Å². The Balaban J connectivity index is 1.64. The predicted molar refractivity (Wildman–Crippen MR) is 118 cm³/mol. The molecular formula is C27H33F5. The molecule has 3 rings (SSSR count). The minimum Gasteiger partial charge on any atom is -0.207 e. The number of hydrogen-bond acceptors (Lipinski definition) is 0. The quantitative estimate of drug-likeness (QED) is 0.265. The zero-order valence-electron chi connectivity index (χ0n) is 19.1. The van der Waals surface area contributed by atoms with Crippen LogP contribution in [-0.2, 0) is 25.7 Å². The van der Waals surface area contributed by atoms with E-state index in [-0.39, 0.29) is 41.5 Å². The normalized spacial score (nSPS) is 18.8. The lowest BCUT2D eigenvalue weighted by Crippen LogP contribution is -2.16.